The van der Waals surface area contributed by atoms with Gasteiger partial charge in [0.25, 0.3) is 0 Å². The topological polar surface area (TPSA) is 64.3 Å². The number of aryl methyl sites for hydroxylation is 1. The lowest BCUT2D eigenvalue weighted by Gasteiger charge is -2.20. The average Bonchev–Trinajstić information content (AvgIpc) is 2.71. The van der Waals surface area contributed by atoms with Gasteiger partial charge in [-0.05, 0) is 37.8 Å². The summed E-state index contributed by atoms with van der Waals surface area (Å²) in [5.41, 5.74) is 1.86. The predicted octanol–water partition coefficient (Wildman–Crippen LogP) is 1.41. The number of rotatable bonds is 2. The molecule has 5 nitrogen and oxygen atoms in total. The van der Waals surface area contributed by atoms with Crippen LogP contribution < -0.4 is 0 Å². The van der Waals surface area contributed by atoms with Crippen LogP contribution in [0.15, 0.2) is 18.2 Å². The molecule has 1 atom stereocenters. The Kier molecular flexibility index (Phi) is 3.05. The zero-order valence-corrected chi connectivity index (χ0v) is 11.7. The number of sulfone groups is 1. The quantitative estimate of drug-likeness (QED) is 0.833. The molecule has 1 aliphatic rings. The van der Waals surface area contributed by atoms with Gasteiger partial charge in [0.2, 0.25) is 0 Å². The number of nitrogens with zero attached hydrogens (tertiary/aromatic N) is 3. The minimum absolute atomic E-state index is 0.163. The highest BCUT2D eigenvalue weighted by Crippen LogP contribution is 2.21. The summed E-state index contributed by atoms with van der Waals surface area (Å²) in [4.78, 5) is 4.47. The van der Waals surface area contributed by atoms with Crippen LogP contribution in [0.5, 0.6) is 0 Å². The zero-order valence-electron chi connectivity index (χ0n) is 10.9. The molecule has 0 aliphatic carbocycles. The summed E-state index contributed by atoms with van der Waals surface area (Å²) < 4.78 is 25.1. The van der Waals surface area contributed by atoms with Gasteiger partial charge >= 0.3 is 0 Å². The van der Waals surface area contributed by atoms with Gasteiger partial charge < -0.3 is 0 Å². The number of hydrogen-bond acceptors (Lipinski definition) is 4. The van der Waals surface area contributed by atoms with E-state index in [1.807, 2.05) is 29.6 Å². The molecule has 1 saturated heterocycles. The highest BCUT2D eigenvalue weighted by atomic mass is 32.2. The van der Waals surface area contributed by atoms with Crippen molar-refractivity contribution in [3.63, 3.8) is 0 Å². The highest BCUT2D eigenvalue weighted by Gasteiger charge is 2.25. The van der Waals surface area contributed by atoms with E-state index in [4.69, 9.17) is 0 Å². The summed E-state index contributed by atoms with van der Waals surface area (Å²) in [6.45, 7) is 1.98. The molecule has 1 unspecified atom stereocenters. The van der Waals surface area contributed by atoms with Gasteiger partial charge in [-0.1, -0.05) is 6.07 Å². The van der Waals surface area contributed by atoms with Crippen LogP contribution in [0.1, 0.15) is 24.4 Å². The summed E-state index contributed by atoms with van der Waals surface area (Å²) >= 11 is 0. The maximum Gasteiger partial charge on any atom is 0.155 e. The van der Waals surface area contributed by atoms with Crippen LogP contribution in [0.4, 0.5) is 0 Å². The van der Waals surface area contributed by atoms with Crippen LogP contribution in [0.3, 0.4) is 0 Å². The molecule has 2 aromatic heterocycles. The predicted molar refractivity (Wildman–Crippen MR) is 72.8 cm³/mol. The molecule has 6 heteroatoms. The Bertz CT molecular complexity index is 706. The van der Waals surface area contributed by atoms with Gasteiger partial charge in [0.15, 0.2) is 21.3 Å². The first-order valence-electron chi connectivity index (χ1n) is 6.55. The Balaban J connectivity index is 1.84. The van der Waals surface area contributed by atoms with E-state index in [2.05, 4.69) is 10.1 Å². The molecule has 19 heavy (non-hydrogen) atoms. The first-order chi connectivity index (χ1) is 9.03. The van der Waals surface area contributed by atoms with Crippen molar-refractivity contribution >= 4 is 15.5 Å². The fourth-order valence-corrected chi connectivity index (χ4v) is 4.48. The number of pyridine rings is 1. The molecule has 0 aromatic carbocycles. The third kappa shape index (κ3) is 2.63. The molecule has 0 amide bonds. The first kappa shape index (κ1) is 12.6. The van der Waals surface area contributed by atoms with E-state index < -0.39 is 9.84 Å². The summed E-state index contributed by atoms with van der Waals surface area (Å²) in [5, 5.41) is 4.46. The summed E-state index contributed by atoms with van der Waals surface area (Å²) in [6, 6.07) is 5.85. The van der Waals surface area contributed by atoms with Crippen molar-refractivity contribution < 1.29 is 8.42 Å². The van der Waals surface area contributed by atoms with E-state index in [1.165, 1.54) is 0 Å². The Morgan fingerprint density at radius 2 is 2.26 bits per heavy atom. The second kappa shape index (κ2) is 4.59. The fourth-order valence-electron chi connectivity index (χ4n) is 2.70. The van der Waals surface area contributed by atoms with E-state index in [1.54, 1.807) is 0 Å². The molecule has 2 aromatic rings. The Hall–Kier alpha value is -1.43. The van der Waals surface area contributed by atoms with Gasteiger partial charge in [0, 0.05) is 12.1 Å². The van der Waals surface area contributed by atoms with Crippen LogP contribution >= 0.6 is 0 Å². The van der Waals surface area contributed by atoms with Crippen LogP contribution in [0.25, 0.3) is 5.65 Å². The lowest BCUT2D eigenvalue weighted by atomic mass is 10.0. The molecule has 0 radical (unpaired) electrons. The molecule has 1 fully saturated rings. The Morgan fingerprint density at radius 1 is 1.42 bits per heavy atom. The van der Waals surface area contributed by atoms with E-state index in [-0.39, 0.29) is 11.7 Å². The van der Waals surface area contributed by atoms with Crippen LogP contribution in [0.2, 0.25) is 0 Å². The molecule has 0 N–H and O–H groups in total. The van der Waals surface area contributed by atoms with Crippen molar-refractivity contribution in [2.24, 2.45) is 5.92 Å². The number of aromatic nitrogens is 3. The number of hydrogen-bond donors (Lipinski definition) is 0. The van der Waals surface area contributed by atoms with Crippen molar-refractivity contribution in [1.82, 2.24) is 14.6 Å². The van der Waals surface area contributed by atoms with Gasteiger partial charge in [-0.15, -0.1) is 0 Å². The molecular formula is C13H17N3O2S. The van der Waals surface area contributed by atoms with Crippen molar-refractivity contribution in [3.8, 4) is 0 Å². The maximum absolute atomic E-state index is 11.6. The minimum Gasteiger partial charge on any atom is -0.229 e. The third-order valence-electron chi connectivity index (χ3n) is 3.62. The standard InChI is InChI=1S/C13H17N3O2S/c1-10-4-2-6-13-14-12(15-16(10)13)8-11-5-3-7-19(17,18)9-11/h2,4,6,11H,3,5,7-9H2,1H3. The van der Waals surface area contributed by atoms with Crippen LogP contribution in [-0.2, 0) is 16.3 Å². The van der Waals surface area contributed by atoms with Gasteiger partial charge in [0.05, 0.1) is 11.5 Å². The van der Waals surface area contributed by atoms with E-state index >= 15 is 0 Å². The van der Waals surface area contributed by atoms with Gasteiger partial charge in [0.1, 0.15) is 0 Å². The van der Waals surface area contributed by atoms with E-state index in [0.717, 1.165) is 30.0 Å². The fraction of sp³-hybridized carbons (Fsp3) is 0.538. The smallest absolute Gasteiger partial charge is 0.155 e. The number of fused-ring (bicyclic) bond motifs is 1. The lowest BCUT2D eigenvalue weighted by molar-refractivity contribution is 0.475. The molecule has 3 heterocycles. The highest BCUT2D eigenvalue weighted by molar-refractivity contribution is 7.91. The largest absolute Gasteiger partial charge is 0.229 e. The van der Waals surface area contributed by atoms with Gasteiger partial charge in [-0.3, -0.25) is 0 Å². The van der Waals surface area contributed by atoms with Crippen LogP contribution in [-0.4, -0.2) is 34.5 Å². The molecular weight excluding hydrogens is 262 g/mol. The van der Waals surface area contributed by atoms with Crippen molar-refractivity contribution in [2.75, 3.05) is 11.5 Å². The molecule has 1 aliphatic heterocycles. The first-order valence-corrected chi connectivity index (χ1v) is 8.37. The Morgan fingerprint density at radius 3 is 3.00 bits per heavy atom. The normalized spacial score (nSPS) is 22.7. The van der Waals surface area contributed by atoms with Crippen LogP contribution in [0, 0.1) is 12.8 Å². The van der Waals surface area contributed by atoms with E-state index in [0.29, 0.717) is 12.2 Å². The van der Waals surface area contributed by atoms with Crippen molar-refractivity contribution in [1.29, 1.82) is 0 Å². The SMILES string of the molecule is Cc1cccc2nc(CC3CCCS(=O)(=O)C3)nn12. The van der Waals surface area contributed by atoms with Crippen molar-refractivity contribution in [3.05, 3.63) is 29.7 Å². The Labute approximate surface area is 112 Å². The summed E-state index contributed by atoms with van der Waals surface area (Å²) in [6.07, 6.45) is 2.37. The monoisotopic (exact) mass is 279 g/mol. The molecule has 102 valence electrons. The van der Waals surface area contributed by atoms with Gasteiger partial charge in [-0.25, -0.2) is 17.9 Å². The summed E-state index contributed by atoms with van der Waals surface area (Å²) in [5.74, 6) is 1.52. The second-order valence-electron chi connectivity index (χ2n) is 5.29. The van der Waals surface area contributed by atoms with Crippen molar-refractivity contribution in [2.45, 2.75) is 26.2 Å². The molecule has 0 saturated carbocycles. The molecule has 3 rings (SSSR count). The summed E-state index contributed by atoms with van der Waals surface area (Å²) in [7, 11) is -2.85. The molecule has 0 bridgehead atoms. The lowest BCUT2D eigenvalue weighted by Crippen LogP contribution is -2.26. The van der Waals surface area contributed by atoms with E-state index in [9.17, 15) is 8.42 Å². The second-order valence-corrected chi connectivity index (χ2v) is 7.52. The zero-order chi connectivity index (χ0) is 13.5. The minimum atomic E-state index is -2.85. The van der Waals surface area contributed by atoms with Gasteiger partial charge in [-0.2, -0.15) is 5.10 Å². The third-order valence-corrected chi connectivity index (χ3v) is 5.51. The maximum atomic E-state index is 11.6. The molecule has 0 spiro atoms. The average molecular weight is 279 g/mol.